The van der Waals surface area contributed by atoms with Crippen molar-refractivity contribution in [3.63, 3.8) is 0 Å². The minimum absolute atomic E-state index is 0.102. The number of hydrogen-bond donors (Lipinski definition) is 2. The van der Waals surface area contributed by atoms with E-state index >= 15 is 0 Å². The number of carbonyl (C=O) groups is 3. The van der Waals surface area contributed by atoms with Crippen molar-refractivity contribution in [2.75, 3.05) is 19.3 Å². The number of nitrogens with one attached hydrogen (secondary N) is 1. The Bertz CT molecular complexity index is 1550. The first-order valence-corrected chi connectivity index (χ1v) is 17.5. The average Bonchev–Trinajstić information content (AvgIpc) is 3.21. The number of amides is 2. The van der Waals surface area contributed by atoms with Gasteiger partial charge in [-0.25, -0.2) is 13.2 Å². The summed E-state index contributed by atoms with van der Waals surface area (Å²) in [6.45, 7) is 4.63. The number of benzene rings is 2. The van der Waals surface area contributed by atoms with Crippen molar-refractivity contribution in [2.45, 2.75) is 93.8 Å². The first kappa shape index (κ1) is 39.8. The molecule has 2 aromatic rings. The van der Waals surface area contributed by atoms with Crippen LogP contribution >= 0.6 is 0 Å². The number of sulfone groups is 1. The van der Waals surface area contributed by atoms with Crippen LogP contribution in [0.1, 0.15) is 68.3 Å². The van der Waals surface area contributed by atoms with Crippen LogP contribution in [0.2, 0.25) is 0 Å². The Morgan fingerprint density at radius 1 is 0.980 bits per heavy atom. The number of likely N-dealkylation sites (tertiary alicyclic amines) is 1. The molecule has 49 heavy (non-hydrogen) atoms. The van der Waals surface area contributed by atoms with Crippen LogP contribution in [-0.4, -0.2) is 90.8 Å². The molecule has 2 amide bonds. The third-order valence-electron chi connectivity index (χ3n) is 8.96. The lowest BCUT2D eigenvalue weighted by Gasteiger charge is -2.45. The van der Waals surface area contributed by atoms with Gasteiger partial charge in [-0.3, -0.25) is 9.59 Å². The van der Waals surface area contributed by atoms with Gasteiger partial charge >= 0.3 is 18.3 Å². The van der Waals surface area contributed by atoms with Crippen molar-refractivity contribution in [2.24, 2.45) is 5.92 Å². The molecule has 9 nitrogen and oxygen atoms in total. The van der Waals surface area contributed by atoms with E-state index < -0.39 is 45.7 Å². The second-order valence-corrected chi connectivity index (χ2v) is 14.6. The summed E-state index contributed by atoms with van der Waals surface area (Å²) in [5, 5.41) is 9.80. The molecule has 0 radical (unpaired) electrons. The highest BCUT2D eigenvalue weighted by atomic mass is 32.2. The Morgan fingerprint density at radius 3 is 2.18 bits per heavy atom. The highest BCUT2D eigenvalue weighted by Crippen LogP contribution is 2.35. The summed E-state index contributed by atoms with van der Waals surface area (Å²) in [7, 11) is -1.59. The van der Waals surface area contributed by atoms with Gasteiger partial charge in [0.15, 0.2) is 9.84 Å². The van der Waals surface area contributed by atoms with Crippen LogP contribution in [0.15, 0.2) is 59.5 Å². The summed E-state index contributed by atoms with van der Waals surface area (Å²) in [4.78, 5) is 40.0. The van der Waals surface area contributed by atoms with Crippen LogP contribution < -0.4 is 5.32 Å². The largest absolute Gasteiger partial charge is 0.490 e. The number of alkyl halides is 6. The van der Waals surface area contributed by atoms with E-state index in [1.807, 2.05) is 7.05 Å². The topological polar surface area (TPSA) is 124 Å². The fourth-order valence-electron chi connectivity index (χ4n) is 6.22. The number of carbonyl (C=O) groups excluding carboxylic acids is 2. The summed E-state index contributed by atoms with van der Waals surface area (Å²) in [6.07, 6.45) is -5.96. The number of nitrogens with zero attached hydrogens (tertiary/aromatic N) is 2. The van der Waals surface area contributed by atoms with E-state index in [0.717, 1.165) is 18.6 Å². The maximum Gasteiger partial charge on any atom is 0.490 e. The summed E-state index contributed by atoms with van der Waals surface area (Å²) in [5.74, 6) is -4.23. The lowest BCUT2D eigenvalue weighted by molar-refractivity contribution is -0.192. The fraction of sp³-hybridized carbons (Fsp3) is 0.545. The van der Waals surface area contributed by atoms with E-state index in [1.165, 1.54) is 12.1 Å². The van der Waals surface area contributed by atoms with Crippen molar-refractivity contribution in [3.05, 3.63) is 65.7 Å². The molecule has 16 heteroatoms. The molecule has 2 aromatic carbocycles. The van der Waals surface area contributed by atoms with Crippen molar-refractivity contribution >= 4 is 27.6 Å². The smallest absolute Gasteiger partial charge is 0.475 e. The predicted molar refractivity (Wildman–Crippen MR) is 168 cm³/mol. The standard InChI is InChI=1S/C31H40F3N3O4S.C2HF3O2/c1-21(2)36(3)25-15-16-28(23(19-25)20-42(40,41)26-12-5-4-6-13-26)37-17-8-7-14-27(30(37)39)35-29(38)22-10-9-11-24(18-22)31(32,33)34;3-2(4,5)1(6)7/h4-6,9-13,18,21,23,25,27-28H,7-8,14-17,19-20H2,1-3H3,(H,35,38);(H,6,7)/t23-,25+,27-,28-;/m0./s1. The van der Waals surface area contributed by atoms with Gasteiger partial charge in [-0.1, -0.05) is 24.3 Å². The number of carboxylic acids is 1. The lowest BCUT2D eigenvalue weighted by atomic mass is 9.80. The molecule has 1 aliphatic heterocycles. The zero-order valence-electron chi connectivity index (χ0n) is 27.3. The minimum Gasteiger partial charge on any atom is -0.475 e. The monoisotopic (exact) mass is 721 g/mol. The highest BCUT2D eigenvalue weighted by molar-refractivity contribution is 7.91. The number of hydrogen-bond acceptors (Lipinski definition) is 6. The van der Waals surface area contributed by atoms with E-state index in [4.69, 9.17) is 9.90 Å². The van der Waals surface area contributed by atoms with Crippen molar-refractivity contribution in [1.29, 1.82) is 0 Å². The molecule has 4 rings (SSSR count). The summed E-state index contributed by atoms with van der Waals surface area (Å²) < 4.78 is 98.4. The number of rotatable bonds is 8. The molecule has 1 aliphatic carbocycles. The second kappa shape index (κ2) is 16.4. The Labute approximate surface area is 281 Å². The Morgan fingerprint density at radius 2 is 1.61 bits per heavy atom. The van der Waals surface area contributed by atoms with Crippen LogP contribution in [0, 0.1) is 5.92 Å². The van der Waals surface area contributed by atoms with Crippen molar-refractivity contribution in [3.8, 4) is 0 Å². The van der Waals surface area contributed by atoms with Crippen LogP contribution in [0.3, 0.4) is 0 Å². The molecular weight excluding hydrogens is 680 g/mol. The Hall–Kier alpha value is -3.66. The Balaban J connectivity index is 0.000000838. The molecule has 272 valence electrons. The first-order valence-electron chi connectivity index (χ1n) is 15.8. The quantitative estimate of drug-likeness (QED) is 0.331. The van der Waals surface area contributed by atoms with Crippen LogP contribution in [0.25, 0.3) is 0 Å². The van der Waals surface area contributed by atoms with Crippen LogP contribution in [-0.2, 0) is 25.6 Å². The molecule has 1 saturated heterocycles. The second-order valence-electron chi connectivity index (χ2n) is 12.6. The average molecular weight is 722 g/mol. The number of aliphatic carboxylic acids is 1. The molecule has 2 N–H and O–H groups in total. The zero-order chi connectivity index (χ0) is 36.7. The molecular formula is C33H41F6N3O6S. The predicted octanol–water partition coefficient (Wildman–Crippen LogP) is 5.80. The maximum atomic E-state index is 13.9. The van der Waals surface area contributed by atoms with Gasteiger partial charge in [-0.2, -0.15) is 26.3 Å². The molecule has 2 aliphatic rings. The van der Waals surface area contributed by atoms with E-state index in [9.17, 15) is 44.3 Å². The van der Waals surface area contributed by atoms with Gasteiger partial charge in [0.2, 0.25) is 5.91 Å². The SMILES string of the molecule is CC(C)N(C)[C@@H]1CC[C@H](N2CCCC[C@H](NC(=O)c3cccc(C(F)(F)F)c3)C2=O)[C@H](CS(=O)(=O)c2ccccc2)C1.O=C(O)C(F)(F)F. The van der Waals surface area contributed by atoms with E-state index in [2.05, 4.69) is 24.1 Å². The van der Waals surface area contributed by atoms with E-state index in [1.54, 1.807) is 35.2 Å². The molecule has 1 heterocycles. The van der Waals surface area contributed by atoms with Crippen molar-refractivity contribution < 1.29 is 54.3 Å². The van der Waals surface area contributed by atoms with Gasteiger partial charge in [-0.15, -0.1) is 0 Å². The number of halogens is 6. The van der Waals surface area contributed by atoms with Gasteiger partial charge in [0.05, 0.1) is 16.2 Å². The van der Waals surface area contributed by atoms with Gasteiger partial charge in [0, 0.05) is 30.2 Å². The summed E-state index contributed by atoms with van der Waals surface area (Å²) in [5.41, 5.74) is -1.10. The van der Waals surface area contributed by atoms with Gasteiger partial charge in [0.1, 0.15) is 6.04 Å². The fourth-order valence-corrected chi connectivity index (χ4v) is 7.90. The first-order chi connectivity index (χ1) is 22.7. The van der Waals surface area contributed by atoms with Gasteiger partial charge in [0.25, 0.3) is 5.91 Å². The third kappa shape index (κ3) is 10.9. The lowest BCUT2D eigenvalue weighted by Crippen LogP contribution is -2.56. The summed E-state index contributed by atoms with van der Waals surface area (Å²) in [6, 6.07) is 11.6. The Kier molecular flexibility index (Phi) is 13.3. The van der Waals surface area contributed by atoms with Crippen molar-refractivity contribution in [1.82, 2.24) is 15.1 Å². The minimum atomic E-state index is -5.08. The maximum absolute atomic E-state index is 13.9. The van der Waals surface area contributed by atoms with Gasteiger partial charge < -0.3 is 20.2 Å². The molecule has 1 saturated carbocycles. The van der Waals surface area contributed by atoms with E-state index in [-0.39, 0.29) is 46.2 Å². The normalized spacial score (nSPS) is 22.3. The summed E-state index contributed by atoms with van der Waals surface area (Å²) >= 11 is 0. The molecule has 0 spiro atoms. The molecule has 2 fully saturated rings. The molecule has 0 bridgehead atoms. The van der Waals surface area contributed by atoms with Crippen LogP contribution in [0.4, 0.5) is 26.3 Å². The number of carboxylic acid groups (broad SMARTS) is 1. The van der Waals surface area contributed by atoms with E-state index in [0.29, 0.717) is 38.6 Å². The van der Waals surface area contributed by atoms with Crippen LogP contribution in [0.5, 0.6) is 0 Å². The molecule has 0 unspecified atom stereocenters. The van der Waals surface area contributed by atoms with Gasteiger partial charge in [-0.05, 0) is 95.7 Å². The zero-order valence-corrected chi connectivity index (χ0v) is 28.1. The highest BCUT2D eigenvalue weighted by Gasteiger charge is 2.42. The third-order valence-corrected chi connectivity index (χ3v) is 10.8. The molecule has 4 atom stereocenters. The molecule has 0 aromatic heterocycles.